The van der Waals surface area contributed by atoms with E-state index in [1.165, 1.54) is 13.8 Å². The number of hydrogen-bond acceptors (Lipinski definition) is 7. The average Bonchev–Trinajstić information content (AvgIpc) is 3.35. The standard InChI is InChI=1S/C24H34O7/c1-15-10-20(31-17(3)26)24(14-29-16(2)25)19(6-5-8-23(24)13-30-23)22(15,4)9-7-18-11-21(27)28-12-18/h11,15,19-20H,5-10,12-14H2,1-4H3/t15-,19-,20+,22+,23+,24+/m1/s1. The van der Waals surface area contributed by atoms with E-state index in [-0.39, 0.29) is 42.0 Å². The Labute approximate surface area is 183 Å². The fraction of sp³-hybridized carbons (Fsp3) is 0.792. The van der Waals surface area contributed by atoms with Gasteiger partial charge in [-0.25, -0.2) is 4.79 Å². The number of cyclic esters (lactones) is 1. The van der Waals surface area contributed by atoms with Crippen LogP contribution < -0.4 is 0 Å². The molecule has 6 atom stereocenters. The molecule has 0 aromatic heterocycles. The van der Waals surface area contributed by atoms with E-state index in [4.69, 9.17) is 18.9 Å². The molecule has 0 bridgehead atoms. The fourth-order valence-electron chi connectivity index (χ4n) is 6.79. The zero-order chi connectivity index (χ0) is 22.4. The van der Waals surface area contributed by atoms with Gasteiger partial charge in [-0.15, -0.1) is 0 Å². The summed E-state index contributed by atoms with van der Waals surface area (Å²) in [5.74, 6) is -0.445. The molecule has 2 saturated carbocycles. The average molecular weight is 435 g/mol. The van der Waals surface area contributed by atoms with Crippen LogP contribution >= 0.6 is 0 Å². The van der Waals surface area contributed by atoms with Crippen molar-refractivity contribution in [3.8, 4) is 0 Å². The molecule has 31 heavy (non-hydrogen) atoms. The molecule has 4 aliphatic rings. The number of carbonyl (C=O) groups excluding carboxylic acids is 3. The minimum Gasteiger partial charge on any atom is -0.465 e. The van der Waals surface area contributed by atoms with Gasteiger partial charge in [-0.3, -0.25) is 9.59 Å². The molecule has 2 heterocycles. The van der Waals surface area contributed by atoms with E-state index in [1.807, 2.05) is 0 Å². The van der Waals surface area contributed by atoms with E-state index in [1.54, 1.807) is 6.08 Å². The van der Waals surface area contributed by atoms with Gasteiger partial charge in [0.15, 0.2) is 0 Å². The maximum atomic E-state index is 12.1. The second-order valence-corrected chi connectivity index (χ2v) is 10.2. The Morgan fingerprint density at radius 3 is 2.58 bits per heavy atom. The molecule has 7 heteroatoms. The molecule has 7 nitrogen and oxygen atoms in total. The van der Waals surface area contributed by atoms with Gasteiger partial charge in [0.2, 0.25) is 0 Å². The van der Waals surface area contributed by atoms with Crippen molar-refractivity contribution in [3.63, 3.8) is 0 Å². The quantitative estimate of drug-likeness (QED) is 0.360. The van der Waals surface area contributed by atoms with Crippen molar-refractivity contribution >= 4 is 17.9 Å². The summed E-state index contributed by atoms with van der Waals surface area (Å²) >= 11 is 0. The van der Waals surface area contributed by atoms with Crippen LogP contribution in [0.4, 0.5) is 0 Å². The third kappa shape index (κ3) is 3.69. The third-order valence-corrected chi connectivity index (χ3v) is 8.63. The lowest BCUT2D eigenvalue weighted by Gasteiger charge is -2.63. The van der Waals surface area contributed by atoms with Crippen molar-refractivity contribution in [1.82, 2.24) is 0 Å². The molecule has 1 saturated heterocycles. The van der Waals surface area contributed by atoms with Gasteiger partial charge < -0.3 is 18.9 Å². The summed E-state index contributed by atoms with van der Waals surface area (Å²) in [6.07, 6.45) is 6.54. The Morgan fingerprint density at radius 2 is 2.00 bits per heavy atom. The van der Waals surface area contributed by atoms with Crippen LogP contribution in [0.2, 0.25) is 0 Å². The highest BCUT2D eigenvalue weighted by atomic mass is 16.6. The molecule has 1 spiro atoms. The van der Waals surface area contributed by atoms with Gasteiger partial charge in [-0.2, -0.15) is 0 Å². The van der Waals surface area contributed by atoms with Crippen LogP contribution in [0.3, 0.4) is 0 Å². The normalized spacial score (nSPS) is 41.2. The van der Waals surface area contributed by atoms with Crippen molar-refractivity contribution in [3.05, 3.63) is 11.6 Å². The minimum atomic E-state index is -0.555. The van der Waals surface area contributed by atoms with E-state index in [2.05, 4.69) is 13.8 Å². The number of epoxide rings is 1. The Kier molecular flexibility index (Phi) is 5.69. The Morgan fingerprint density at radius 1 is 1.26 bits per heavy atom. The van der Waals surface area contributed by atoms with E-state index in [9.17, 15) is 14.4 Å². The van der Waals surface area contributed by atoms with Crippen molar-refractivity contribution in [2.75, 3.05) is 19.8 Å². The van der Waals surface area contributed by atoms with Crippen LogP contribution in [0.5, 0.6) is 0 Å². The van der Waals surface area contributed by atoms with E-state index < -0.39 is 11.0 Å². The molecule has 4 rings (SSSR count). The van der Waals surface area contributed by atoms with Crippen LogP contribution in [0, 0.1) is 22.7 Å². The zero-order valence-corrected chi connectivity index (χ0v) is 19.0. The van der Waals surface area contributed by atoms with Crippen molar-refractivity contribution < 1.29 is 33.3 Å². The predicted octanol–water partition coefficient (Wildman–Crippen LogP) is 3.35. The van der Waals surface area contributed by atoms with Crippen LogP contribution in [-0.4, -0.2) is 49.4 Å². The largest absolute Gasteiger partial charge is 0.465 e. The van der Waals surface area contributed by atoms with Gasteiger partial charge >= 0.3 is 17.9 Å². The van der Waals surface area contributed by atoms with Crippen molar-refractivity contribution in [2.24, 2.45) is 22.7 Å². The van der Waals surface area contributed by atoms with Crippen LogP contribution in [0.1, 0.15) is 66.2 Å². The Balaban J connectivity index is 1.71. The van der Waals surface area contributed by atoms with Gasteiger partial charge in [-0.05, 0) is 54.9 Å². The first-order chi connectivity index (χ1) is 14.6. The Bertz CT molecular complexity index is 798. The molecule has 0 radical (unpaired) electrons. The third-order valence-electron chi connectivity index (χ3n) is 8.63. The summed E-state index contributed by atoms with van der Waals surface area (Å²) in [4.78, 5) is 35.4. The van der Waals surface area contributed by atoms with Gasteiger partial charge in [-0.1, -0.05) is 20.3 Å². The summed E-state index contributed by atoms with van der Waals surface area (Å²) < 4.78 is 22.8. The van der Waals surface area contributed by atoms with Gasteiger partial charge in [0.05, 0.1) is 12.0 Å². The first-order valence-corrected chi connectivity index (χ1v) is 11.4. The molecule has 2 aliphatic carbocycles. The highest BCUT2D eigenvalue weighted by molar-refractivity contribution is 5.85. The topological polar surface area (TPSA) is 91.4 Å². The molecular weight excluding hydrogens is 400 g/mol. The molecule has 0 aromatic carbocycles. The molecule has 0 N–H and O–H groups in total. The SMILES string of the molecule is CC(=O)OC[C@@]12[C@@H](OC(C)=O)C[C@@H](C)[C@](C)(CCC3=CC(=O)OC3)[C@H]1CCC[C@]21CO1. The lowest BCUT2D eigenvalue weighted by molar-refractivity contribution is -0.228. The number of hydrogen-bond donors (Lipinski definition) is 0. The summed E-state index contributed by atoms with van der Waals surface area (Å²) in [6.45, 7) is 8.60. The van der Waals surface area contributed by atoms with Crippen LogP contribution in [-0.2, 0) is 33.3 Å². The fourth-order valence-corrected chi connectivity index (χ4v) is 6.79. The predicted molar refractivity (Wildman–Crippen MR) is 111 cm³/mol. The van der Waals surface area contributed by atoms with E-state index in [0.717, 1.165) is 37.7 Å². The number of fused-ring (bicyclic) bond motifs is 2. The summed E-state index contributed by atoms with van der Waals surface area (Å²) in [6, 6.07) is 0. The number of ether oxygens (including phenoxy) is 4. The molecule has 3 fully saturated rings. The molecular formula is C24H34O7. The second kappa shape index (κ2) is 7.91. The molecule has 172 valence electrons. The van der Waals surface area contributed by atoms with Gasteiger partial charge in [0.25, 0.3) is 0 Å². The molecule has 0 aromatic rings. The monoisotopic (exact) mass is 434 g/mol. The smallest absolute Gasteiger partial charge is 0.331 e. The van der Waals surface area contributed by atoms with Crippen molar-refractivity contribution in [1.29, 1.82) is 0 Å². The lowest BCUT2D eigenvalue weighted by Crippen LogP contribution is -2.67. The summed E-state index contributed by atoms with van der Waals surface area (Å²) in [5.41, 5.74) is -0.0131. The zero-order valence-electron chi connectivity index (χ0n) is 19.0. The highest BCUT2D eigenvalue weighted by Gasteiger charge is 2.74. The molecule has 0 amide bonds. The number of esters is 3. The Hall–Kier alpha value is -1.89. The lowest BCUT2D eigenvalue weighted by atomic mass is 9.43. The minimum absolute atomic E-state index is 0.0807. The number of carbonyl (C=O) groups is 3. The van der Waals surface area contributed by atoms with E-state index >= 15 is 0 Å². The number of rotatable bonds is 6. The molecule has 0 unspecified atom stereocenters. The maximum Gasteiger partial charge on any atom is 0.331 e. The summed E-state index contributed by atoms with van der Waals surface area (Å²) in [5, 5.41) is 0. The van der Waals surface area contributed by atoms with Crippen LogP contribution in [0.25, 0.3) is 0 Å². The first kappa shape index (κ1) is 22.3. The van der Waals surface area contributed by atoms with Gasteiger partial charge in [0, 0.05) is 19.9 Å². The highest BCUT2D eigenvalue weighted by Crippen LogP contribution is 2.69. The van der Waals surface area contributed by atoms with E-state index in [0.29, 0.717) is 25.6 Å². The summed E-state index contributed by atoms with van der Waals surface area (Å²) in [7, 11) is 0. The first-order valence-electron chi connectivity index (χ1n) is 11.4. The van der Waals surface area contributed by atoms with Crippen LogP contribution in [0.15, 0.2) is 11.6 Å². The second-order valence-electron chi connectivity index (χ2n) is 10.2. The maximum absolute atomic E-state index is 12.1. The van der Waals surface area contributed by atoms with Crippen molar-refractivity contribution in [2.45, 2.75) is 77.9 Å². The molecule has 2 aliphatic heterocycles. The van der Waals surface area contributed by atoms with Gasteiger partial charge in [0.1, 0.15) is 24.9 Å².